The van der Waals surface area contributed by atoms with Gasteiger partial charge in [0.1, 0.15) is 0 Å². The van der Waals surface area contributed by atoms with Gasteiger partial charge in [0.2, 0.25) is 5.91 Å². The van der Waals surface area contributed by atoms with Gasteiger partial charge in [0, 0.05) is 13.1 Å². The number of carbonyl (C=O) groups excluding carboxylic acids is 1. The molecular weight excluding hydrogens is 208 g/mol. The Morgan fingerprint density at radius 1 is 1.60 bits per heavy atom. The Bertz CT molecular complexity index is 251. The van der Waals surface area contributed by atoms with Crippen LogP contribution in [0.4, 0.5) is 0 Å². The zero-order valence-electron chi connectivity index (χ0n) is 9.53. The highest BCUT2D eigenvalue weighted by Gasteiger charge is 2.26. The highest BCUT2D eigenvalue weighted by molar-refractivity contribution is 7.80. The van der Waals surface area contributed by atoms with Gasteiger partial charge in [-0.25, -0.2) is 0 Å². The van der Waals surface area contributed by atoms with Gasteiger partial charge in [-0.15, -0.1) is 0 Å². The van der Waals surface area contributed by atoms with Crippen molar-refractivity contribution in [2.24, 2.45) is 17.6 Å². The molecule has 1 aliphatic carbocycles. The monoisotopic (exact) mass is 228 g/mol. The van der Waals surface area contributed by atoms with Gasteiger partial charge >= 0.3 is 0 Å². The standard InChI is InChI=1S/C11H20N2OS/c1-3-13(7-9-5-4-6-9)11(14)8(2)10(12)15/h8-9H,3-7H2,1-2H3,(H2,12,15). The van der Waals surface area contributed by atoms with Gasteiger partial charge in [0.25, 0.3) is 0 Å². The van der Waals surface area contributed by atoms with E-state index >= 15 is 0 Å². The quantitative estimate of drug-likeness (QED) is 0.726. The lowest BCUT2D eigenvalue weighted by molar-refractivity contribution is -0.133. The molecule has 1 saturated carbocycles. The number of amides is 1. The molecule has 86 valence electrons. The largest absolute Gasteiger partial charge is 0.393 e. The lowest BCUT2D eigenvalue weighted by Crippen LogP contribution is -2.43. The molecule has 0 spiro atoms. The maximum atomic E-state index is 11.9. The molecule has 0 radical (unpaired) electrons. The molecule has 2 N–H and O–H groups in total. The molecule has 0 aromatic carbocycles. The maximum absolute atomic E-state index is 11.9. The van der Waals surface area contributed by atoms with Crippen LogP contribution in [0.25, 0.3) is 0 Å². The van der Waals surface area contributed by atoms with E-state index in [1.807, 2.05) is 11.8 Å². The third-order valence-electron chi connectivity index (χ3n) is 3.19. The molecule has 1 rings (SSSR count). The fraction of sp³-hybridized carbons (Fsp3) is 0.818. The predicted octanol–water partition coefficient (Wildman–Crippen LogP) is 1.56. The van der Waals surface area contributed by atoms with Crippen LogP contribution in [0.5, 0.6) is 0 Å². The van der Waals surface area contributed by atoms with Crippen LogP contribution in [0.1, 0.15) is 33.1 Å². The summed E-state index contributed by atoms with van der Waals surface area (Å²) in [5.74, 6) is 0.462. The van der Waals surface area contributed by atoms with E-state index in [1.54, 1.807) is 6.92 Å². The van der Waals surface area contributed by atoms with Gasteiger partial charge in [-0.1, -0.05) is 18.6 Å². The average Bonchev–Trinajstić information content (AvgIpc) is 2.14. The number of nitrogens with zero attached hydrogens (tertiary/aromatic N) is 1. The second kappa shape index (κ2) is 5.45. The molecule has 0 bridgehead atoms. The van der Waals surface area contributed by atoms with Crippen molar-refractivity contribution >= 4 is 23.1 Å². The second-order valence-corrected chi connectivity index (χ2v) is 4.77. The number of thiocarbonyl (C=S) groups is 1. The first kappa shape index (κ1) is 12.4. The first-order valence-corrected chi connectivity index (χ1v) is 6.05. The van der Waals surface area contributed by atoms with Gasteiger partial charge in [0.05, 0.1) is 10.9 Å². The Hall–Kier alpha value is -0.640. The maximum Gasteiger partial charge on any atom is 0.232 e. The van der Waals surface area contributed by atoms with Gasteiger partial charge in [0.15, 0.2) is 0 Å². The smallest absolute Gasteiger partial charge is 0.232 e. The van der Waals surface area contributed by atoms with Crippen molar-refractivity contribution in [3.05, 3.63) is 0 Å². The van der Waals surface area contributed by atoms with E-state index in [0.29, 0.717) is 10.9 Å². The van der Waals surface area contributed by atoms with E-state index in [4.69, 9.17) is 18.0 Å². The zero-order chi connectivity index (χ0) is 11.4. The van der Waals surface area contributed by atoms with Crippen LogP contribution in [0, 0.1) is 11.8 Å². The first-order valence-electron chi connectivity index (χ1n) is 5.64. The van der Waals surface area contributed by atoms with E-state index in [1.165, 1.54) is 19.3 Å². The Morgan fingerprint density at radius 3 is 2.53 bits per heavy atom. The Labute approximate surface area is 97.0 Å². The van der Waals surface area contributed by atoms with Crippen LogP contribution in [0.3, 0.4) is 0 Å². The number of hydrogen-bond donors (Lipinski definition) is 1. The van der Waals surface area contributed by atoms with E-state index in [2.05, 4.69) is 0 Å². The molecule has 0 aromatic heterocycles. The van der Waals surface area contributed by atoms with E-state index in [-0.39, 0.29) is 11.8 Å². The van der Waals surface area contributed by atoms with Crippen LogP contribution in [-0.2, 0) is 4.79 Å². The fourth-order valence-corrected chi connectivity index (χ4v) is 1.86. The highest BCUT2D eigenvalue weighted by Crippen LogP contribution is 2.27. The number of nitrogens with two attached hydrogens (primary N) is 1. The molecule has 0 saturated heterocycles. The van der Waals surface area contributed by atoms with Crippen LogP contribution >= 0.6 is 12.2 Å². The Balaban J connectivity index is 2.48. The third kappa shape index (κ3) is 3.16. The number of hydrogen-bond acceptors (Lipinski definition) is 2. The van der Waals surface area contributed by atoms with Crippen molar-refractivity contribution in [2.75, 3.05) is 13.1 Å². The molecule has 1 amide bonds. The summed E-state index contributed by atoms with van der Waals surface area (Å²) in [5, 5.41) is 0. The summed E-state index contributed by atoms with van der Waals surface area (Å²) < 4.78 is 0. The molecular formula is C11H20N2OS. The fourth-order valence-electron chi connectivity index (χ4n) is 1.76. The molecule has 1 atom stereocenters. The zero-order valence-corrected chi connectivity index (χ0v) is 10.3. The van der Waals surface area contributed by atoms with E-state index in [9.17, 15) is 4.79 Å². The summed E-state index contributed by atoms with van der Waals surface area (Å²) in [6.45, 7) is 5.42. The Kier molecular flexibility index (Phi) is 4.51. The van der Waals surface area contributed by atoms with Crippen LogP contribution < -0.4 is 5.73 Å². The van der Waals surface area contributed by atoms with Gasteiger partial charge in [-0.2, -0.15) is 0 Å². The minimum Gasteiger partial charge on any atom is -0.393 e. The van der Waals surface area contributed by atoms with Gasteiger partial charge < -0.3 is 10.6 Å². The molecule has 0 aliphatic heterocycles. The van der Waals surface area contributed by atoms with Gasteiger partial charge in [-0.05, 0) is 32.6 Å². The highest BCUT2D eigenvalue weighted by atomic mass is 32.1. The first-order chi connectivity index (χ1) is 7.06. The minimum absolute atomic E-state index is 0.0805. The molecule has 0 heterocycles. The van der Waals surface area contributed by atoms with Crippen LogP contribution in [0.15, 0.2) is 0 Å². The van der Waals surface area contributed by atoms with E-state index < -0.39 is 0 Å². The summed E-state index contributed by atoms with van der Waals surface area (Å²) in [6.07, 6.45) is 3.82. The van der Waals surface area contributed by atoms with Crippen molar-refractivity contribution in [3.63, 3.8) is 0 Å². The molecule has 4 heteroatoms. The van der Waals surface area contributed by atoms with Crippen molar-refractivity contribution in [1.82, 2.24) is 4.90 Å². The second-order valence-electron chi connectivity index (χ2n) is 4.30. The lowest BCUT2D eigenvalue weighted by atomic mass is 9.85. The summed E-state index contributed by atoms with van der Waals surface area (Å²) in [6, 6.07) is 0. The van der Waals surface area contributed by atoms with Crippen molar-refractivity contribution in [2.45, 2.75) is 33.1 Å². The van der Waals surface area contributed by atoms with Gasteiger partial charge in [-0.3, -0.25) is 4.79 Å². The molecule has 1 aliphatic rings. The van der Waals surface area contributed by atoms with E-state index in [0.717, 1.165) is 13.1 Å². The summed E-state index contributed by atoms with van der Waals surface area (Å²) >= 11 is 4.85. The average molecular weight is 228 g/mol. The SMILES string of the molecule is CCN(CC1CCC1)C(=O)C(C)C(N)=S. The minimum atomic E-state index is -0.319. The van der Waals surface area contributed by atoms with Crippen molar-refractivity contribution in [1.29, 1.82) is 0 Å². The summed E-state index contributed by atoms with van der Waals surface area (Å²) in [4.78, 5) is 14.1. The number of carbonyl (C=O) groups is 1. The van der Waals surface area contributed by atoms with Crippen molar-refractivity contribution < 1.29 is 4.79 Å². The van der Waals surface area contributed by atoms with Crippen LogP contribution in [0.2, 0.25) is 0 Å². The third-order valence-corrected chi connectivity index (χ3v) is 3.55. The normalized spacial score (nSPS) is 18.0. The van der Waals surface area contributed by atoms with Crippen LogP contribution in [-0.4, -0.2) is 28.9 Å². The topological polar surface area (TPSA) is 46.3 Å². The summed E-state index contributed by atoms with van der Waals surface area (Å²) in [5.41, 5.74) is 5.49. The molecule has 3 nitrogen and oxygen atoms in total. The van der Waals surface area contributed by atoms with Crippen molar-refractivity contribution in [3.8, 4) is 0 Å². The lowest BCUT2D eigenvalue weighted by Gasteiger charge is -2.33. The molecule has 1 fully saturated rings. The number of rotatable bonds is 5. The molecule has 0 aromatic rings. The Morgan fingerprint density at radius 2 is 2.20 bits per heavy atom. The summed E-state index contributed by atoms with van der Waals surface area (Å²) in [7, 11) is 0. The molecule has 15 heavy (non-hydrogen) atoms. The predicted molar refractivity (Wildman–Crippen MR) is 65.5 cm³/mol. The molecule has 1 unspecified atom stereocenters.